The van der Waals surface area contributed by atoms with E-state index in [0.717, 1.165) is 65.8 Å². The van der Waals surface area contributed by atoms with Crippen molar-refractivity contribution in [2.24, 2.45) is 0 Å². The van der Waals surface area contributed by atoms with Crippen molar-refractivity contribution in [3.63, 3.8) is 0 Å². The molecule has 1 saturated heterocycles. The number of benzene rings is 3. The molecule has 38 heavy (non-hydrogen) atoms. The number of likely N-dealkylation sites (tertiary alicyclic amines) is 1. The first-order valence-corrected chi connectivity index (χ1v) is 13.5. The van der Waals surface area contributed by atoms with Gasteiger partial charge < -0.3 is 0 Å². The van der Waals surface area contributed by atoms with Crippen molar-refractivity contribution in [3.05, 3.63) is 111 Å². The quantitative estimate of drug-likeness (QED) is 0.297. The van der Waals surface area contributed by atoms with Gasteiger partial charge >= 0.3 is 0 Å². The van der Waals surface area contributed by atoms with Gasteiger partial charge in [-0.25, -0.2) is 17.6 Å². The van der Waals surface area contributed by atoms with Crippen LogP contribution in [0, 0.1) is 0 Å². The van der Waals surface area contributed by atoms with Crippen LogP contribution in [0.5, 0.6) is 0 Å². The highest BCUT2D eigenvalue weighted by molar-refractivity contribution is 6.00. The maximum absolute atomic E-state index is 14.7. The lowest BCUT2D eigenvalue weighted by Gasteiger charge is -2.34. The Kier molecular flexibility index (Phi) is 6.73. The lowest BCUT2D eigenvalue weighted by atomic mass is 9.85. The molecule has 1 fully saturated rings. The molecule has 0 amide bonds. The van der Waals surface area contributed by atoms with E-state index < -0.39 is 12.3 Å². The van der Waals surface area contributed by atoms with Gasteiger partial charge in [0.1, 0.15) is 0 Å². The molecular weight excluding hydrogens is 486 g/mol. The Hall–Kier alpha value is -3.18. The Bertz CT molecular complexity index is 1390. The minimum atomic E-state index is -2.76. The van der Waals surface area contributed by atoms with Crippen LogP contribution in [-0.2, 0) is 18.8 Å². The fourth-order valence-corrected chi connectivity index (χ4v) is 6.26. The van der Waals surface area contributed by atoms with Gasteiger partial charge in [-0.1, -0.05) is 72.8 Å². The molecule has 1 aliphatic heterocycles. The Morgan fingerprint density at radius 3 is 2.39 bits per heavy atom. The number of nitrogens with zero attached hydrogens (tertiary/aromatic N) is 1. The summed E-state index contributed by atoms with van der Waals surface area (Å²) >= 11 is 0. The molecule has 1 nitrogen and oxygen atoms in total. The lowest BCUT2D eigenvalue weighted by Crippen LogP contribution is -2.40. The van der Waals surface area contributed by atoms with Crippen molar-refractivity contribution in [1.29, 1.82) is 0 Å². The summed E-state index contributed by atoms with van der Waals surface area (Å²) in [5.41, 5.74) is 10.1. The molecule has 0 radical (unpaired) electrons. The van der Waals surface area contributed by atoms with Crippen molar-refractivity contribution in [1.82, 2.24) is 4.90 Å². The smallest absolute Gasteiger partial charge is 0.273 e. The summed E-state index contributed by atoms with van der Waals surface area (Å²) < 4.78 is 54.2. The van der Waals surface area contributed by atoms with Gasteiger partial charge in [0.25, 0.3) is 5.92 Å². The van der Waals surface area contributed by atoms with E-state index in [9.17, 15) is 17.6 Å². The maximum atomic E-state index is 14.7. The lowest BCUT2D eigenvalue weighted by molar-refractivity contribution is -0.00184. The average Bonchev–Trinajstić information content (AvgIpc) is 3.08. The Labute approximate surface area is 221 Å². The third-order valence-corrected chi connectivity index (χ3v) is 8.13. The van der Waals surface area contributed by atoms with Gasteiger partial charge in [-0.3, -0.25) is 4.90 Å². The summed E-state index contributed by atoms with van der Waals surface area (Å²) in [5.74, 6) is -2.76. The largest absolute Gasteiger partial charge is 0.295 e. The highest BCUT2D eigenvalue weighted by Crippen LogP contribution is 2.47. The Morgan fingerprint density at radius 1 is 0.842 bits per heavy atom. The molecule has 0 N–H and O–H groups in total. The Morgan fingerprint density at radius 2 is 1.61 bits per heavy atom. The zero-order valence-electron chi connectivity index (χ0n) is 21.3. The maximum Gasteiger partial charge on any atom is 0.273 e. The van der Waals surface area contributed by atoms with Crippen LogP contribution in [0.3, 0.4) is 0 Å². The first-order valence-electron chi connectivity index (χ1n) is 13.5. The minimum absolute atomic E-state index is 0.0802. The molecule has 3 aromatic rings. The topological polar surface area (TPSA) is 3.24 Å². The van der Waals surface area contributed by atoms with Gasteiger partial charge in [-0.2, -0.15) is 0 Å². The standard InChI is InChI=1S/C33H31F4N/c34-31(35)16-18-38-20-23(21-38)19-22-11-13-25(14-12-22)32-26-7-2-1-5-24(26)6-3-9-29(32)27-8-4-10-30-28(27)15-17-33(30,36)37/h1-2,4-5,7-8,10-14,19,31H,3,6,9,15-18,20-21H2. The van der Waals surface area contributed by atoms with Gasteiger partial charge in [0.2, 0.25) is 6.43 Å². The first-order chi connectivity index (χ1) is 18.4. The van der Waals surface area contributed by atoms with E-state index in [0.29, 0.717) is 13.0 Å². The zero-order chi connectivity index (χ0) is 26.3. The van der Waals surface area contributed by atoms with Crippen molar-refractivity contribution in [2.45, 2.75) is 50.9 Å². The predicted molar refractivity (Wildman–Crippen MR) is 145 cm³/mol. The third kappa shape index (κ3) is 4.84. The number of alkyl halides is 4. The molecule has 0 atom stereocenters. The molecule has 6 rings (SSSR count). The van der Waals surface area contributed by atoms with Gasteiger partial charge in [0, 0.05) is 38.0 Å². The van der Waals surface area contributed by atoms with Crippen LogP contribution in [-0.4, -0.2) is 31.0 Å². The van der Waals surface area contributed by atoms with Crippen molar-refractivity contribution < 1.29 is 17.6 Å². The molecule has 5 heteroatoms. The molecule has 0 saturated carbocycles. The molecule has 0 aromatic heterocycles. The third-order valence-electron chi connectivity index (χ3n) is 8.13. The Balaban J connectivity index is 1.37. The van der Waals surface area contributed by atoms with E-state index in [4.69, 9.17) is 0 Å². The van der Waals surface area contributed by atoms with Crippen LogP contribution in [0.4, 0.5) is 17.6 Å². The fraction of sp³-hybridized carbons (Fsp3) is 0.333. The number of allylic oxidation sites excluding steroid dienone is 1. The molecule has 3 aliphatic rings. The molecule has 0 unspecified atom stereocenters. The van der Waals surface area contributed by atoms with E-state index in [2.05, 4.69) is 54.6 Å². The number of halogens is 4. The summed E-state index contributed by atoms with van der Waals surface area (Å²) in [6, 6.07) is 22.3. The van der Waals surface area contributed by atoms with E-state index in [1.807, 2.05) is 11.0 Å². The molecule has 0 bridgehead atoms. The van der Waals surface area contributed by atoms with E-state index in [1.54, 1.807) is 12.1 Å². The summed E-state index contributed by atoms with van der Waals surface area (Å²) in [4.78, 5) is 2.04. The van der Waals surface area contributed by atoms with E-state index in [-0.39, 0.29) is 18.4 Å². The molecule has 3 aromatic carbocycles. The molecular formula is C33H31F4N. The first kappa shape index (κ1) is 25.1. The normalized spacial score (nSPS) is 18.7. The summed E-state index contributed by atoms with van der Waals surface area (Å²) in [5, 5.41) is 0. The van der Waals surface area contributed by atoms with Gasteiger partial charge in [0.15, 0.2) is 0 Å². The van der Waals surface area contributed by atoms with Crippen molar-refractivity contribution in [3.8, 4) is 0 Å². The SMILES string of the molecule is FC(F)CCN1CC(=Cc2ccc(C3=C(c4cccc5c4CCC5(F)F)CCCc4ccccc43)cc2)C1. The minimum Gasteiger partial charge on any atom is -0.295 e. The fourth-order valence-electron chi connectivity index (χ4n) is 6.26. The van der Waals surface area contributed by atoms with Crippen LogP contribution in [0.25, 0.3) is 17.2 Å². The second kappa shape index (κ2) is 10.2. The van der Waals surface area contributed by atoms with E-state index in [1.165, 1.54) is 16.7 Å². The number of hydrogen-bond donors (Lipinski definition) is 0. The highest BCUT2D eigenvalue weighted by atomic mass is 19.3. The molecule has 2 aliphatic carbocycles. The second-order valence-corrected chi connectivity index (χ2v) is 10.7. The van der Waals surface area contributed by atoms with Crippen molar-refractivity contribution in [2.75, 3.05) is 19.6 Å². The second-order valence-electron chi connectivity index (χ2n) is 10.7. The number of rotatable bonds is 6. The van der Waals surface area contributed by atoms with Gasteiger partial charge in [0.05, 0.1) is 0 Å². The molecule has 0 spiro atoms. The molecule has 196 valence electrons. The number of hydrogen-bond acceptors (Lipinski definition) is 1. The van der Waals surface area contributed by atoms with Crippen LogP contribution >= 0.6 is 0 Å². The zero-order valence-corrected chi connectivity index (χ0v) is 21.3. The molecule has 1 heterocycles. The van der Waals surface area contributed by atoms with Crippen LogP contribution in [0.1, 0.15) is 64.6 Å². The van der Waals surface area contributed by atoms with Crippen LogP contribution < -0.4 is 0 Å². The summed E-state index contributed by atoms with van der Waals surface area (Å²) in [7, 11) is 0. The summed E-state index contributed by atoms with van der Waals surface area (Å²) in [6.45, 7) is 1.90. The number of fused-ring (bicyclic) bond motifs is 2. The predicted octanol–water partition coefficient (Wildman–Crippen LogP) is 8.37. The summed E-state index contributed by atoms with van der Waals surface area (Å²) in [6.07, 6.45) is 2.86. The van der Waals surface area contributed by atoms with Gasteiger partial charge in [-0.05, 0) is 75.8 Å². The highest BCUT2D eigenvalue weighted by Gasteiger charge is 2.40. The number of aryl methyl sites for hydroxylation is 1. The van der Waals surface area contributed by atoms with E-state index >= 15 is 0 Å². The van der Waals surface area contributed by atoms with Gasteiger partial charge in [-0.15, -0.1) is 0 Å². The average molecular weight is 518 g/mol. The van der Waals surface area contributed by atoms with Crippen LogP contribution in [0.15, 0.2) is 72.3 Å². The monoisotopic (exact) mass is 517 g/mol. The van der Waals surface area contributed by atoms with Crippen molar-refractivity contribution >= 4 is 17.2 Å². The van der Waals surface area contributed by atoms with Crippen LogP contribution in [0.2, 0.25) is 0 Å².